The largest absolute Gasteiger partial charge is 0.356 e. The van der Waals surface area contributed by atoms with Gasteiger partial charge in [0.2, 0.25) is 0 Å². The Labute approximate surface area is 108 Å². The molecule has 5 nitrogen and oxygen atoms in total. The third-order valence-electron chi connectivity index (χ3n) is 2.98. The van der Waals surface area contributed by atoms with Gasteiger partial charge in [0.1, 0.15) is 5.69 Å². The summed E-state index contributed by atoms with van der Waals surface area (Å²) in [6.07, 6.45) is 0. The van der Waals surface area contributed by atoms with E-state index in [1.54, 1.807) is 12.1 Å². The van der Waals surface area contributed by atoms with Gasteiger partial charge in [0.25, 0.3) is 5.69 Å². The molecule has 0 unspecified atom stereocenters. The molecule has 0 aliphatic heterocycles. The second-order valence-electron chi connectivity index (χ2n) is 4.33. The third-order valence-corrected chi connectivity index (χ3v) is 2.98. The fraction of sp³-hybridized carbons (Fsp3) is 0.0714. The van der Waals surface area contributed by atoms with Gasteiger partial charge in [0, 0.05) is 23.1 Å². The molecule has 0 amide bonds. The summed E-state index contributed by atoms with van der Waals surface area (Å²) in [6.45, 7) is 1.98. The minimum Gasteiger partial charge on any atom is -0.356 e. The average Bonchev–Trinajstić information content (AvgIpc) is 2.81. The zero-order chi connectivity index (χ0) is 13.4. The summed E-state index contributed by atoms with van der Waals surface area (Å²) in [4.78, 5) is 10.2. The highest BCUT2D eigenvalue weighted by Crippen LogP contribution is 2.29. The molecule has 5 heteroatoms. The summed E-state index contributed by atoms with van der Waals surface area (Å²) in [6, 6.07) is 12.1. The molecule has 1 heterocycles. The highest BCUT2D eigenvalue weighted by atomic mass is 16.6. The van der Waals surface area contributed by atoms with Gasteiger partial charge < -0.3 is 4.52 Å². The lowest BCUT2D eigenvalue weighted by molar-refractivity contribution is -0.384. The smallest absolute Gasteiger partial charge is 0.269 e. The maximum Gasteiger partial charge on any atom is 0.269 e. The van der Waals surface area contributed by atoms with E-state index in [4.69, 9.17) is 4.52 Å². The molecular weight excluding hydrogens is 244 g/mol. The molecule has 3 rings (SSSR count). The van der Waals surface area contributed by atoms with Crippen molar-refractivity contribution in [2.45, 2.75) is 6.92 Å². The molecule has 19 heavy (non-hydrogen) atoms. The van der Waals surface area contributed by atoms with Crippen LogP contribution in [-0.2, 0) is 0 Å². The zero-order valence-electron chi connectivity index (χ0n) is 10.2. The van der Waals surface area contributed by atoms with Gasteiger partial charge in [-0.05, 0) is 36.8 Å². The minimum absolute atomic E-state index is 0.0624. The van der Waals surface area contributed by atoms with Crippen molar-refractivity contribution < 1.29 is 9.45 Å². The van der Waals surface area contributed by atoms with Crippen LogP contribution in [0.3, 0.4) is 0 Å². The number of nitro groups is 1. The van der Waals surface area contributed by atoms with Crippen LogP contribution in [0, 0.1) is 17.0 Å². The number of aryl methyl sites for hydroxylation is 1. The minimum atomic E-state index is -0.423. The van der Waals surface area contributed by atoms with Crippen LogP contribution in [0.1, 0.15) is 5.56 Å². The van der Waals surface area contributed by atoms with Crippen LogP contribution in [0.2, 0.25) is 0 Å². The summed E-state index contributed by atoms with van der Waals surface area (Å²) in [5.74, 6) is 0. The SMILES string of the molecule is Cc1ccc2c(-c3ccc([N+](=O)[O-])cc3)noc2c1. The fourth-order valence-corrected chi connectivity index (χ4v) is 1.99. The average molecular weight is 254 g/mol. The van der Waals surface area contributed by atoms with Crippen LogP contribution in [0.5, 0.6) is 0 Å². The van der Waals surface area contributed by atoms with Gasteiger partial charge in [-0.1, -0.05) is 11.2 Å². The van der Waals surface area contributed by atoms with E-state index in [0.717, 1.165) is 16.5 Å². The molecule has 0 aliphatic rings. The van der Waals surface area contributed by atoms with E-state index in [-0.39, 0.29) is 5.69 Å². The van der Waals surface area contributed by atoms with Crippen LogP contribution in [0.15, 0.2) is 47.0 Å². The molecule has 0 atom stereocenters. The van der Waals surface area contributed by atoms with E-state index in [0.29, 0.717) is 11.3 Å². The predicted molar refractivity (Wildman–Crippen MR) is 70.8 cm³/mol. The Balaban J connectivity index is 2.11. The molecule has 0 radical (unpaired) electrons. The molecule has 0 saturated heterocycles. The van der Waals surface area contributed by atoms with Crippen molar-refractivity contribution in [1.29, 1.82) is 0 Å². The zero-order valence-corrected chi connectivity index (χ0v) is 10.2. The lowest BCUT2D eigenvalue weighted by Crippen LogP contribution is -1.87. The maximum absolute atomic E-state index is 10.6. The monoisotopic (exact) mass is 254 g/mol. The van der Waals surface area contributed by atoms with Crippen molar-refractivity contribution >= 4 is 16.7 Å². The Morgan fingerprint density at radius 3 is 2.58 bits per heavy atom. The Kier molecular flexibility index (Phi) is 2.52. The number of benzene rings is 2. The lowest BCUT2D eigenvalue weighted by Gasteiger charge is -1.97. The molecule has 0 bridgehead atoms. The number of nitro benzene ring substituents is 1. The first-order valence-electron chi connectivity index (χ1n) is 5.76. The molecule has 0 fully saturated rings. The van der Waals surface area contributed by atoms with Gasteiger partial charge in [0.15, 0.2) is 5.58 Å². The van der Waals surface area contributed by atoms with Crippen LogP contribution in [-0.4, -0.2) is 10.1 Å². The second kappa shape index (κ2) is 4.20. The van der Waals surface area contributed by atoms with Gasteiger partial charge >= 0.3 is 0 Å². The Morgan fingerprint density at radius 1 is 1.16 bits per heavy atom. The predicted octanol–water partition coefficient (Wildman–Crippen LogP) is 3.71. The Bertz CT molecular complexity index is 760. The number of hydrogen-bond donors (Lipinski definition) is 0. The van der Waals surface area contributed by atoms with Crippen molar-refractivity contribution in [3.63, 3.8) is 0 Å². The first-order chi connectivity index (χ1) is 9.15. The number of fused-ring (bicyclic) bond motifs is 1. The molecule has 0 aliphatic carbocycles. The van der Waals surface area contributed by atoms with Gasteiger partial charge in [-0.3, -0.25) is 10.1 Å². The van der Waals surface area contributed by atoms with E-state index in [1.807, 2.05) is 25.1 Å². The van der Waals surface area contributed by atoms with Gasteiger partial charge in [0.05, 0.1) is 4.92 Å². The van der Waals surface area contributed by atoms with Gasteiger partial charge in [-0.25, -0.2) is 0 Å². The lowest BCUT2D eigenvalue weighted by atomic mass is 10.1. The third kappa shape index (κ3) is 1.95. The number of aromatic nitrogens is 1. The molecule has 1 aromatic heterocycles. The maximum atomic E-state index is 10.6. The molecular formula is C14H10N2O3. The second-order valence-corrected chi connectivity index (χ2v) is 4.33. The summed E-state index contributed by atoms with van der Waals surface area (Å²) in [5, 5.41) is 15.6. The molecule has 94 valence electrons. The van der Waals surface area contributed by atoms with E-state index in [9.17, 15) is 10.1 Å². The van der Waals surface area contributed by atoms with Crippen LogP contribution in [0.25, 0.3) is 22.2 Å². The van der Waals surface area contributed by atoms with E-state index in [2.05, 4.69) is 5.16 Å². The number of hydrogen-bond acceptors (Lipinski definition) is 4. The summed E-state index contributed by atoms with van der Waals surface area (Å²) < 4.78 is 5.28. The van der Waals surface area contributed by atoms with E-state index in [1.165, 1.54) is 12.1 Å². The quantitative estimate of drug-likeness (QED) is 0.516. The highest BCUT2D eigenvalue weighted by Gasteiger charge is 2.12. The van der Waals surface area contributed by atoms with E-state index < -0.39 is 4.92 Å². The Morgan fingerprint density at radius 2 is 1.89 bits per heavy atom. The van der Waals surface area contributed by atoms with E-state index >= 15 is 0 Å². The van der Waals surface area contributed by atoms with Crippen molar-refractivity contribution in [3.8, 4) is 11.3 Å². The number of rotatable bonds is 2. The molecule has 0 spiro atoms. The van der Waals surface area contributed by atoms with Gasteiger partial charge in [-0.2, -0.15) is 0 Å². The first kappa shape index (κ1) is 11.4. The van der Waals surface area contributed by atoms with Gasteiger partial charge in [-0.15, -0.1) is 0 Å². The molecule has 0 saturated carbocycles. The van der Waals surface area contributed by atoms with Crippen molar-refractivity contribution in [3.05, 3.63) is 58.1 Å². The fourth-order valence-electron chi connectivity index (χ4n) is 1.99. The Hall–Kier alpha value is -2.69. The number of nitrogens with zero attached hydrogens (tertiary/aromatic N) is 2. The summed E-state index contributed by atoms with van der Waals surface area (Å²) >= 11 is 0. The summed E-state index contributed by atoms with van der Waals surface area (Å²) in [5.41, 5.74) is 3.37. The van der Waals surface area contributed by atoms with Crippen molar-refractivity contribution in [2.24, 2.45) is 0 Å². The molecule has 2 aromatic carbocycles. The normalized spacial score (nSPS) is 10.8. The molecule has 3 aromatic rings. The highest BCUT2D eigenvalue weighted by molar-refractivity contribution is 5.91. The number of non-ortho nitro benzene ring substituents is 1. The van der Waals surface area contributed by atoms with Crippen LogP contribution < -0.4 is 0 Å². The first-order valence-corrected chi connectivity index (χ1v) is 5.76. The van der Waals surface area contributed by atoms with Crippen molar-refractivity contribution in [1.82, 2.24) is 5.16 Å². The summed E-state index contributed by atoms with van der Waals surface area (Å²) in [7, 11) is 0. The topological polar surface area (TPSA) is 69.2 Å². The van der Waals surface area contributed by atoms with Crippen LogP contribution >= 0.6 is 0 Å². The van der Waals surface area contributed by atoms with Crippen molar-refractivity contribution in [2.75, 3.05) is 0 Å². The standard InChI is InChI=1S/C14H10N2O3/c1-9-2-7-12-13(8-9)19-15-14(12)10-3-5-11(6-4-10)16(17)18/h2-8H,1H3. The van der Waals surface area contributed by atoms with Crippen LogP contribution in [0.4, 0.5) is 5.69 Å². The molecule has 0 N–H and O–H groups in total.